The Hall–Kier alpha value is -2.23. The molecule has 0 heterocycles. The minimum Gasteiger partial charge on any atom is -0.497 e. The van der Waals surface area contributed by atoms with Crippen LogP contribution in [0.4, 0.5) is 10.1 Å². The third kappa shape index (κ3) is 2.91. The van der Waals surface area contributed by atoms with E-state index in [0.29, 0.717) is 17.0 Å². The van der Waals surface area contributed by atoms with E-state index in [4.69, 9.17) is 15.2 Å². The molecule has 0 aliphatic heterocycles. The smallest absolute Gasteiger partial charge is 0.131 e. The predicted octanol–water partition coefficient (Wildman–Crippen LogP) is 3.00. The van der Waals surface area contributed by atoms with Crippen molar-refractivity contribution in [3.05, 3.63) is 53.8 Å². The number of nitrogens with two attached hydrogens (primary N) is 1. The molecule has 94 valence electrons. The third-order valence-corrected chi connectivity index (χ3v) is 2.53. The summed E-state index contributed by atoms with van der Waals surface area (Å²) in [6.07, 6.45) is 0. The second-order valence-corrected chi connectivity index (χ2v) is 3.82. The van der Waals surface area contributed by atoms with Crippen molar-refractivity contribution in [3.63, 3.8) is 0 Å². The first-order valence-electron chi connectivity index (χ1n) is 5.50. The van der Waals surface area contributed by atoms with E-state index in [1.54, 1.807) is 43.5 Å². The Bertz CT molecular complexity index is 526. The van der Waals surface area contributed by atoms with E-state index in [0.717, 1.165) is 5.75 Å². The van der Waals surface area contributed by atoms with Gasteiger partial charge in [0.2, 0.25) is 0 Å². The summed E-state index contributed by atoms with van der Waals surface area (Å²) in [6.45, 7) is 0.165. The molecular weight excluding hydrogens is 233 g/mol. The van der Waals surface area contributed by atoms with Crippen LogP contribution in [0.5, 0.6) is 11.5 Å². The van der Waals surface area contributed by atoms with Crippen molar-refractivity contribution in [2.75, 3.05) is 12.8 Å². The lowest BCUT2D eigenvalue weighted by Gasteiger charge is -2.08. The van der Waals surface area contributed by atoms with Crippen LogP contribution in [-0.4, -0.2) is 7.11 Å². The van der Waals surface area contributed by atoms with E-state index in [-0.39, 0.29) is 12.4 Å². The SMILES string of the molecule is COc1ccc(OCc2ccc(N)cc2F)cc1. The monoisotopic (exact) mass is 247 g/mol. The number of hydrogen-bond acceptors (Lipinski definition) is 3. The van der Waals surface area contributed by atoms with Crippen molar-refractivity contribution in [1.29, 1.82) is 0 Å². The van der Waals surface area contributed by atoms with Crippen molar-refractivity contribution < 1.29 is 13.9 Å². The van der Waals surface area contributed by atoms with Gasteiger partial charge < -0.3 is 15.2 Å². The Kier molecular flexibility index (Phi) is 3.67. The molecule has 18 heavy (non-hydrogen) atoms. The zero-order valence-electron chi connectivity index (χ0n) is 10.0. The van der Waals surface area contributed by atoms with E-state index >= 15 is 0 Å². The van der Waals surface area contributed by atoms with Gasteiger partial charge in [0.25, 0.3) is 0 Å². The zero-order valence-corrected chi connectivity index (χ0v) is 10.0. The molecule has 2 N–H and O–H groups in total. The van der Waals surface area contributed by atoms with Gasteiger partial charge in [-0.2, -0.15) is 0 Å². The maximum absolute atomic E-state index is 13.5. The van der Waals surface area contributed by atoms with Gasteiger partial charge in [-0.1, -0.05) is 6.07 Å². The molecule has 0 bridgehead atoms. The minimum absolute atomic E-state index is 0.165. The van der Waals surface area contributed by atoms with Crippen molar-refractivity contribution in [2.24, 2.45) is 0 Å². The lowest BCUT2D eigenvalue weighted by Crippen LogP contribution is -1.99. The van der Waals surface area contributed by atoms with Gasteiger partial charge in [0.15, 0.2) is 0 Å². The van der Waals surface area contributed by atoms with Crippen LogP contribution in [0.25, 0.3) is 0 Å². The Morgan fingerprint density at radius 2 is 1.72 bits per heavy atom. The summed E-state index contributed by atoms with van der Waals surface area (Å²) in [7, 11) is 1.60. The summed E-state index contributed by atoms with van der Waals surface area (Å²) in [5.41, 5.74) is 6.35. The van der Waals surface area contributed by atoms with Crippen LogP contribution in [0.1, 0.15) is 5.56 Å². The van der Waals surface area contributed by atoms with Gasteiger partial charge in [0, 0.05) is 11.3 Å². The molecule has 0 aliphatic carbocycles. The van der Waals surface area contributed by atoms with Crippen LogP contribution < -0.4 is 15.2 Å². The maximum atomic E-state index is 13.5. The molecule has 0 fully saturated rings. The second kappa shape index (κ2) is 5.40. The van der Waals surface area contributed by atoms with Crippen LogP contribution in [0.2, 0.25) is 0 Å². The Balaban J connectivity index is 2.02. The molecule has 2 aromatic carbocycles. The quantitative estimate of drug-likeness (QED) is 0.845. The van der Waals surface area contributed by atoms with E-state index in [1.807, 2.05) is 0 Å². The van der Waals surface area contributed by atoms with Crippen LogP contribution >= 0.6 is 0 Å². The number of rotatable bonds is 4. The van der Waals surface area contributed by atoms with Gasteiger partial charge >= 0.3 is 0 Å². The first kappa shape index (κ1) is 12.2. The zero-order chi connectivity index (χ0) is 13.0. The van der Waals surface area contributed by atoms with Gasteiger partial charge in [-0.05, 0) is 36.4 Å². The number of halogens is 1. The highest BCUT2D eigenvalue weighted by Crippen LogP contribution is 2.19. The number of hydrogen-bond donors (Lipinski definition) is 1. The third-order valence-electron chi connectivity index (χ3n) is 2.53. The molecule has 0 atom stereocenters. The van der Waals surface area contributed by atoms with Gasteiger partial charge in [-0.25, -0.2) is 4.39 Å². The topological polar surface area (TPSA) is 44.5 Å². The minimum atomic E-state index is -0.358. The molecule has 0 unspecified atom stereocenters. The molecular formula is C14H14FNO2. The molecule has 2 aromatic rings. The van der Waals surface area contributed by atoms with E-state index in [9.17, 15) is 4.39 Å². The average molecular weight is 247 g/mol. The number of methoxy groups -OCH3 is 1. The molecule has 0 radical (unpaired) electrons. The molecule has 3 nitrogen and oxygen atoms in total. The predicted molar refractivity (Wildman–Crippen MR) is 68.1 cm³/mol. The molecule has 2 rings (SSSR count). The number of anilines is 1. The van der Waals surface area contributed by atoms with Crippen LogP contribution in [0.15, 0.2) is 42.5 Å². The largest absolute Gasteiger partial charge is 0.497 e. The highest BCUT2D eigenvalue weighted by Gasteiger charge is 2.03. The van der Waals surface area contributed by atoms with Gasteiger partial charge in [-0.15, -0.1) is 0 Å². The fourth-order valence-corrected chi connectivity index (χ4v) is 1.51. The molecule has 4 heteroatoms. The normalized spacial score (nSPS) is 10.1. The molecule has 0 saturated carbocycles. The molecule has 0 saturated heterocycles. The lowest BCUT2D eigenvalue weighted by molar-refractivity contribution is 0.299. The second-order valence-electron chi connectivity index (χ2n) is 3.82. The number of ether oxygens (including phenoxy) is 2. The summed E-state index contributed by atoms with van der Waals surface area (Å²) >= 11 is 0. The fraction of sp³-hybridized carbons (Fsp3) is 0.143. The van der Waals surface area contributed by atoms with E-state index in [1.165, 1.54) is 6.07 Å². The van der Waals surface area contributed by atoms with Crippen molar-refractivity contribution in [2.45, 2.75) is 6.61 Å². The van der Waals surface area contributed by atoms with Crippen LogP contribution in [0.3, 0.4) is 0 Å². The Labute approximate surface area is 105 Å². The van der Waals surface area contributed by atoms with E-state index < -0.39 is 0 Å². The van der Waals surface area contributed by atoms with Gasteiger partial charge in [0.1, 0.15) is 23.9 Å². The van der Waals surface area contributed by atoms with Crippen molar-refractivity contribution in [1.82, 2.24) is 0 Å². The summed E-state index contributed by atoms with van der Waals surface area (Å²) in [5, 5.41) is 0. The molecule has 0 spiro atoms. The summed E-state index contributed by atoms with van der Waals surface area (Å²) in [5.74, 6) is 1.05. The lowest BCUT2D eigenvalue weighted by atomic mass is 10.2. The fourth-order valence-electron chi connectivity index (χ4n) is 1.51. The Morgan fingerprint density at radius 1 is 1.06 bits per heavy atom. The first-order valence-corrected chi connectivity index (χ1v) is 5.50. The average Bonchev–Trinajstić information content (AvgIpc) is 2.38. The van der Waals surface area contributed by atoms with E-state index in [2.05, 4.69) is 0 Å². The highest BCUT2D eigenvalue weighted by molar-refractivity contribution is 5.40. The summed E-state index contributed by atoms with van der Waals surface area (Å²) in [6, 6.07) is 11.7. The standard InChI is InChI=1S/C14H14FNO2/c1-17-12-4-6-13(7-5-12)18-9-10-2-3-11(16)8-14(10)15/h2-8H,9,16H2,1H3. The summed E-state index contributed by atoms with van der Waals surface area (Å²) in [4.78, 5) is 0. The van der Waals surface area contributed by atoms with Gasteiger partial charge in [0.05, 0.1) is 7.11 Å². The first-order chi connectivity index (χ1) is 8.69. The van der Waals surface area contributed by atoms with Gasteiger partial charge in [-0.3, -0.25) is 0 Å². The number of nitrogen functional groups attached to an aromatic ring is 1. The van der Waals surface area contributed by atoms with Crippen LogP contribution in [0, 0.1) is 5.82 Å². The molecule has 0 aromatic heterocycles. The maximum Gasteiger partial charge on any atom is 0.131 e. The van der Waals surface area contributed by atoms with Crippen LogP contribution in [-0.2, 0) is 6.61 Å². The highest BCUT2D eigenvalue weighted by atomic mass is 19.1. The van der Waals surface area contributed by atoms with Crippen molar-refractivity contribution in [3.8, 4) is 11.5 Å². The molecule has 0 amide bonds. The van der Waals surface area contributed by atoms with Crippen molar-refractivity contribution >= 4 is 5.69 Å². The molecule has 0 aliphatic rings. The summed E-state index contributed by atoms with van der Waals surface area (Å²) < 4.78 is 24.0. The Morgan fingerprint density at radius 3 is 2.33 bits per heavy atom. The number of benzene rings is 2.